The number of benzene rings is 1. The molecule has 1 aliphatic heterocycles. The van der Waals surface area contributed by atoms with Crippen LogP contribution in [-0.2, 0) is 0 Å². The average molecular weight is 283 g/mol. The van der Waals surface area contributed by atoms with Crippen LogP contribution >= 0.6 is 15.9 Å². The molecular formula is C13H19BrN2. The van der Waals surface area contributed by atoms with Crippen molar-refractivity contribution in [3.05, 3.63) is 34.3 Å². The van der Waals surface area contributed by atoms with E-state index in [9.17, 15) is 0 Å². The standard InChI is InChI=1S/C13H19BrN2/c14-13-3-1-2-12(10-13)11-4-7-16(8-5-11)9-6-15/h1-3,10-11H,4-9,15H2. The zero-order chi connectivity index (χ0) is 11.4. The van der Waals surface area contributed by atoms with Crippen LogP contribution < -0.4 is 5.73 Å². The summed E-state index contributed by atoms with van der Waals surface area (Å²) in [4.78, 5) is 2.47. The molecule has 2 N–H and O–H groups in total. The molecule has 0 saturated carbocycles. The van der Waals surface area contributed by atoms with Gasteiger partial charge in [0, 0.05) is 17.6 Å². The van der Waals surface area contributed by atoms with Gasteiger partial charge in [0.15, 0.2) is 0 Å². The number of nitrogens with zero attached hydrogens (tertiary/aromatic N) is 1. The smallest absolute Gasteiger partial charge is 0.0178 e. The summed E-state index contributed by atoms with van der Waals surface area (Å²) in [5.41, 5.74) is 7.05. The van der Waals surface area contributed by atoms with Crippen molar-refractivity contribution in [1.82, 2.24) is 4.90 Å². The van der Waals surface area contributed by atoms with Crippen molar-refractivity contribution in [2.45, 2.75) is 18.8 Å². The largest absolute Gasteiger partial charge is 0.329 e. The molecule has 0 unspecified atom stereocenters. The van der Waals surface area contributed by atoms with Crippen LogP contribution in [0.15, 0.2) is 28.7 Å². The summed E-state index contributed by atoms with van der Waals surface area (Å²) in [5.74, 6) is 0.728. The van der Waals surface area contributed by atoms with E-state index in [-0.39, 0.29) is 0 Å². The van der Waals surface area contributed by atoms with Crippen molar-refractivity contribution >= 4 is 15.9 Å². The van der Waals surface area contributed by atoms with Crippen LogP contribution in [0.25, 0.3) is 0 Å². The van der Waals surface area contributed by atoms with E-state index < -0.39 is 0 Å². The summed E-state index contributed by atoms with van der Waals surface area (Å²) < 4.78 is 1.19. The minimum absolute atomic E-state index is 0.728. The first-order valence-corrected chi connectivity index (χ1v) is 6.77. The summed E-state index contributed by atoms with van der Waals surface area (Å²) in [6.07, 6.45) is 2.52. The van der Waals surface area contributed by atoms with Crippen molar-refractivity contribution in [2.75, 3.05) is 26.2 Å². The van der Waals surface area contributed by atoms with Gasteiger partial charge in [-0.2, -0.15) is 0 Å². The van der Waals surface area contributed by atoms with E-state index in [1.165, 1.54) is 36.0 Å². The molecule has 1 fully saturated rings. The number of rotatable bonds is 3. The topological polar surface area (TPSA) is 29.3 Å². The molecule has 88 valence electrons. The summed E-state index contributed by atoms with van der Waals surface area (Å²) in [6.45, 7) is 4.20. The highest BCUT2D eigenvalue weighted by Crippen LogP contribution is 2.29. The lowest BCUT2D eigenvalue weighted by molar-refractivity contribution is 0.218. The maximum atomic E-state index is 5.58. The van der Waals surface area contributed by atoms with Crippen LogP contribution in [-0.4, -0.2) is 31.1 Å². The van der Waals surface area contributed by atoms with Crippen LogP contribution in [0, 0.1) is 0 Å². The fraction of sp³-hybridized carbons (Fsp3) is 0.538. The molecule has 0 atom stereocenters. The summed E-state index contributed by atoms with van der Waals surface area (Å²) in [5, 5.41) is 0. The fourth-order valence-electron chi connectivity index (χ4n) is 2.43. The molecule has 0 radical (unpaired) electrons. The van der Waals surface area contributed by atoms with E-state index in [2.05, 4.69) is 45.1 Å². The van der Waals surface area contributed by atoms with E-state index in [1.54, 1.807) is 0 Å². The lowest BCUT2D eigenvalue weighted by atomic mass is 9.89. The van der Waals surface area contributed by atoms with Crippen molar-refractivity contribution in [1.29, 1.82) is 0 Å². The van der Waals surface area contributed by atoms with Crippen LogP contribution in [0.1, 0.15) is 24.3 Å². The Balaban J connectivity index is 1.94. The summed E-state index contributed by atoms with van der Waals surface area (Å²) in [7, 11) is 0. The first-order valence-electron chi connectivity index (χ1n) is 5.97. The molecule has 2 rings (SSSR count). The van der Waals surface area contributed by atoms with Gasteiger partial charge in [0.05, 0.1) is 0 Å². The Morgan fingerprint density at radius 2 is 2.06 bits per heavy atom. The van der Waals surface area contributed by atoms with Crippen molar-refractivity contribution in [3.63, 3.8) is 0 Å². The van der Waals surface area contributed by atoms with Gasteiger partial charge in [-0.05, 0) is 49.5 Å². The molecule has 0 bridgehead atoms. The van der Waals surface area contributed by atoms with E-state index >= 15 is 0 Å². The van der Waals surface area contributed by atoms with Gasteiger partial charge in [-0.1, -0.05) is 28.1 Å². The second-order valence-electron chi connectivity index (χ2n) is 4.46. The molecule has 2 nitrogen and oxygen atoms in total. The maximum Gasteiger partial charge on any atom is 0.0178 e. The van der Waals surface area contributed by atoms with Gasteiger partial charge < -0.3 is 10.6 Å². The van der Waals surface area contributed by atoms with Gasteiger partial charge in [0.2, 0.25) is 0 Å². The number of hydrogen-bond acceptors (Lipinski definition) is 2. The highest BCUT2D eigenvalue weighted by Gasteiger charge is 2.19. The second-order valence-corrected chi connectivity index (χ2v) is 5.38. The summed E-state index contributed by atoms with van der Waals surface area (Å²) in [6, 6.07) is 8.72. The minimum Gasteiger partial charge on any atom is -0.329 e. The Hall–Kier alpha value is -0.380. The van der Waals surface area contributed by atoms with Crippen molar-refractivity contribution in [3.8, 4) is 0 Å². The molecule has 1 aliphatic rings. The van der Waals surface area contributed by atoms with Gasteiger partial charge in [-0.3, -0.25) is 0 Å². The van der Waals surface area contributed by atoms with E-state index in [0.29, 0.717) is 0 Å². The van der Waals surface area contributed by atoms with Gasteiger partial charge >= 0.3 is 0 Å². The molecule has 1 aromatic carbocycles. The first kappa shape index (κ1) is 12.1. The lowest BCUT2D eigenvalue weighted by Gasteiger charge is -2.31. The second kappa shape index (κ2) is 5.80. The molecule has 0 spiro atoms. The SMILES string of the molecule is NCCN1CCC(c2cccc(Br)c2)CC1. The van der Waals surface area contributed by atoms with Crippen LogP contribution in [0.5, 0.6) is 0 Å². The highest BCUT2D eigenvalue weighted by atomic mass is 79.9. The van der Waals surface area contributed by atoms with Crippen LogP contribution in [0.3, 0.4) is 0 Å². The normalized spacial score (nSPS) is 18.9. The first-order chi connectivity index (χ1) is 7.79. The Labute approximate surface area is 106 Å². The third kappa shape index (κ3) is 3.06. The summed E-state index contributed by atoms with van der Waals surface area (Å²) >= 11 is 3.54. The number of likely N-dealkylation sites (tertiary alicyclic amines) is 1. The monoisotopic (exact) mass is 282 g/mol. The Bertz CT molecular complexity index is 332. The van der Waals surface area contributed by atoms with E-state index in [0.717, 1.165) is 19.0 Å². The average Bonchev–Trinajstić information content (AvgIpc) is 2.30. The van der Waals surface area contributed by atoms with Gasteiger partial charge in [0.1, 0.15) is 0 Å². The Morgan fingerprint density at radius 1 is 1.31 bits per heavy atom. The van der Waals surface area contributed by atoms with E-state index in [4.69, 9.17) is 5.73 Å². The Kier molecular flexibility index (Phi) is 4.38. The molecule has 16 heavy (non-hydrogen) atoms. The molecule has 0 aliphatic carbocycles. The molecule has 1 aromatic rings. The number of hydrogen-bond donors (Lipinski definition) is 1. The van der Waals surface area contributed by atoms with Crippen molar-refractivity contribution < 1.29 is 0 Å². The fourth-order valence-corrected chi connectivity index (χ4v) is 2.85. The molecule has 0 amide bonds. The molecule has 1 heterocycles. The van der Waals surface area contributed by atoms with Crippen LogP contribution in [0.4, 0.5) is 0 Å². The predicted molar refractivity (Wildman–Crippen MR) is 71.6 cm³/mol. The zero-order valence-corrected chi connectivity index (χ0v) is 11.1. The maximum absolute atomic E-state index is 5.58. The number of nitrogens with two attached hydrogens (primary N) is 1. The zero-order valence-electron chi connectivity index (χ0n) is 9.53. The molecule has 1 saturated heterocycles. The van der Waals surface area contributed by atoms with Gasteiger partial charge in [-0.15, -0.1) is 0 Å². The number of piperidine rings is 1. The van der Waals surface area contributed by atoms with E-state index in [1.807, 2.05) is 0 Å². The lowest BCUT2D eigenvalue weighted by Crippen LogP contribution is -2.36. The third-order valence-corrected chi connectivity index (χ3v) is 3.85. The molecule has 0 aromatic heterocycles. The highest BCUT2D eigenvalue weighted by molar-refractivity contribution is 9.10. The Morgan fingerprint density at radius 3 is 2.69 bits per heavy atom. The van der Waals surface area contributed by atoms with Crippen LogP contribution in [0.2, 0.25) is 0 Å². The quantitative estimate of drug-likeness (QED) is 0.924. The van der Waals surface area contributed by atoms with Gasteiger partial charge in [0.25, 0.3) is 0 Å². The molecular weight excluding hydrogens is 264 g/mol. The predicted octanol–water partition coefficient (Wildman–Crippen LogP) is 2.59. The third-order valence-electron chi connectivity index (χ3n) is 3.35. The molecule has 3 heteroatoms. The van der Waals surface area contributed by atoms with Crippen molar-refractivity contribution in [2.24, 2.45) is 5.73 Å². The van der Waals surface area contributed by atoms with Gasteiger partial charge in [-0.25, -0.2) is 0 Å². The minimum atomic E-state index is 0.728. The number of halogens is 1.